The van der Waals surface area contributed by atoms with E-state index in [2.05, 4.69) is 37.9 Å². The molecule has 0 spiro atoms. The molecule has 0 bridgehead atoms. The van der Waals surface area contributed by atoms with Crippen molar-refractivity contribution in [2.45, 2.75) is 6.61 Å². The van der Waals surface area contributed by atoms with Crippen LogP contribution in [0, 0.1) is 11.3 Å². The molecule has 0 atom stereocenters. The van der Waals surface area contributed by atoms with E-state index in [0.29, 0.717) is 28.7 Å². The van der Waals surface area contributed by atoms with Gasteiger partial charge in [-0.05, 0) is 59.2 Å². The van der Waals surface area contributed by atoms with Gasteiger partial charge in [0, 0.05) is 14.0 Å². The highest BCUT2D eigenvalue weighted by atomic mass is 79.9. The molecular formula is C23H16Br2ClNO2. The molecule has 3 rings (SSSR count). The fourth-order valence-electron chi connectivity index (χ4n) is 2.67. The number of nitrogens with zero attached hydrogens (tertiary/aromatic N) is 1. The van der Waals surface area contributed by atoms with Crippen LogP contribution < -0.4 is 9.47 Å². The van der Waals surface area contributed by atoms with Crippen LogP contribution in [0.25, 0.3) is 11.6 Å². The van der Waals surface area contributed by atoms with E-state index < -0.39 is 0 Å². The van der Waals surface area contributed by atoms with Gasteiger partial charge in [0.15, 0.2) is 11.5 Å². The lowest BCUT2D eigenvalue weighted by molar-refractivity contribution is 0.284. The molecule has 0 aliphatic heterocycles. The molecule has 0 radical (unpaired) electrons. The summed E-state index contributed by atoms with van der Waals surface area (Å²) in [5, 5.41) is 10.3. The van der Waals surface area contributed by atoms with Gasteiger partial charge in [-0.2, -0.15) is 5.26 Å². The number of benzene rings is 3. The second-order valence-electron chi connectivity index (χ2n) is 6.12. The van der Waals surface area contributed by atoms with E-state index in [4.69, 9.17) is 21.1 Å². The van der Waals surface area contributed by atoms with Crippen molar-refractivity contribution in [3.05, 3.63) is 91.3 Å². The molecule has 29 heavy (non-hydrogen) atoms. The molecule has 0 N–H and O–H groups in total. The molecule has 0 unspecified atom stereocenters. The number of rotatable bonds is 6. The van der Waals surface area contributed by atoms with Crippen molar-refractivity contribution in [2.24, 2.45) is 0 Å². The maximum absolute atomic E-state index is 9.62. The third kappa shape index (κ3) is 5.63. The van der Waals surface area contributed by atoms with Gasteiger partial charge in [-0.15, -0.1) is 0 Å². The maximum atomic E-state index is 9.62. The molecule has 0 aliphatic rings. The van der Waals surface area contributed by atoms with Crippen molar-refractivity contribution in [1.29, 1.82) is 5.26 Å². The minimum absolute atomic E-state index is 0.386. The van der Waals surface area contributed by atoms with Crippen LogP contribution in [0.1, 0.15) is 16.7 Å². The topological polar surface area (TPSA) is 42.2 Å². The third-order valence-electron chi connectivity index (χ3n) is 4.15. The van der Waals surface area contributed by atoms with Gasteiger partial charge >= 0.3 is 0 Å². The van der Waals surface area contributed by atoms with E-state index in [0.717, 1.165) is 25.6 Å². The van der Waals surface area contributed by atoms with Gasteiger partial charge in [0.2, 0.25) is 0 Å². The molecular weight excluding hydrogens is 518 g/mol. The molecule has 0 heterocycles. The lowest BCUT2D eigenvalue weighted by Crippen LogP contribution is -1.98. The van der Waals surface area contributed by atoms with E-state index in [9.17, 15) is 5.26 Å². The summed E-state index contributed by atoms with van der Waals surface area (Å²) >= 11 is 12.9. The van der Waals surface area contributed by atoms with Gasteiger partial charge in [0.25, 0.3) is 0 Å². The lowest BCUT2D eigenvalue weighted by atomic mass is 10.0. The molecule has 6 heteroatoms. The lowest BCUT2D eigenvalue weighted by Gasteiger charge is -2.13. The molecule has 3 nitrogen and oxygen atoms in total. The SMILES string of the molecule is COc1cc(C=C(C#N)c2cccc(Br)c2)c(Br)cc1OCc1ccc(Cl)cc1. The summed E-state index contributed by atoms with van der Waals surface area (Å²) in [5.74, 6) is 1.19. The average Bonchev–Trinajstić information content (AvgIpc) is 2.72. The summed E-state index contributed by atoms with van der Waals surface area (Å²) in [4.78, 5) is 0. The first-order valence-electron chi connectivity index (χ1n) is 8.62. The number of methoxy groups -OCH3 is 1. The summed E-state index contributed by atoms with van der Waals surface area (Å²) < 4.78 is 13.1. The van der Waals surface area contributed by atoms with E-state index in [1.165, 1.54) is 0 Å². The van der Waals surface area contributed by atoms with Gasteiger partial charge in [-0.3, -0.25) is 0 Å². The molecule has 0 saturated heterocycles. The third-order valence-corrected chi connectivity index (χ3v) is 5.58. The van der Waals surface area contributed by atoms with Crippen LogP contribution >= 0.6 is 43.5 Å². The molecule has 0 aliphatic carbocycles. The van der Waals surface area contributed by atoms with Crippen LogP contribution in [-0.4, -0.2) is 7.11 Å². The van der Waals surface area contributed by atoms with Crippen molar-refractivity contribution in [3.63, 3.8) is 0 Å². The first-order valence-corrected chi connectivity index (χ1v) is 10.6. The number of allylic oxidation sites excluding steroid dienone is 1. The first kappa shape index (κ1) is 21.4. The molecule has 0 fully saturated rings. The quantitative estimate of drug-likeness (QED) is 0.243. The summed E-state index contributed by atoms with van der Waals surface area (Å²) in [6.45, 7) is 0.386. The van der Waals surface area contributed by atoms with E-state index in [-0.39, 0.29) is 0 Å². The monoisotopic (exact) mass is 531 g/mol. The summed E-state index contributed by atoms with van der Waals surface area (Å²) in [6, 6.07) is 21.1. The number of halogens is 3. The Bertz CT molecular complexity index is 1090. The van der Waals surface area contributed by atoms with Gasteiger partial charge in [-0.1, -0.05) is 67.7 Å². The van der Waals surface area contributed by atoms with Crippen molar-refractivity contribution < 1.29 is 9.47 Å². The van der Waals surface area contributed by atoms with Crippen LogP contribution in [0.15, 0.2) is 69.6 Å². The number of nitriles is 1. The Hall–Kier alpha value is -2.26. The van der Waals surface area contributed by atoms with E-state index in [1.54, 1.807) is 7.11 Å². The normalized spacial score (nSPS) is 11.1. The molecule has 0 amide bonds. The standard InChI is InChI=1S/C23H16Br2ClNO2/c1-28-22-11-17(9-18(13-27)16-3-2-4-19(24)10-16)21(25)12-23(22)29-14-15-5-7-20(26)8-6-15/h2-12H,14H2,1H3. The molecule has 0 aromatic heterocycles. The summed E-state index contributed by atoms with van der Waals surface area (Å²) in [6.07, 6.45) is 1.82. The second kappa shape index (κ2) is 9.98. The Balaban J connectivity index is 1.89. The van der Waals surface area contributed by atoms with Crippen molar-refractivity contribution in [1.82, 2.24) is 0 Å². The maximum Gasteiger partial charge on any atom is 0.162 e. The predicted octanol–water partition coefficient (Wildman–Crippen LogP) is 7.52. The second-order valence-corrected chi connectivity index (χ2v) is 8.33. The Morgan fingerprint density at radius 3 is 2.48 bits per heavy atom. The minimum atomic E-state index is 0.386. The van der Waals surface area contributed by atoms with Crippen LogP contribution in [-0.2, 0) is 6.61 Å². The highest BCUT2D eigenvalue weighted by Crippen LogP contribution is 2.36. The zero-order valence-electron chi connectivity index (χ0n) is 15.5. The summed E-state index contributed by atoms with van der Waals surface area (Å²) in [7, 11) is 1.59. The van der Waals surface area contributed by atoms with Gasteiger partial charge < -0.3 is 9.47 Å². The molecule has 3 aromatic carbocycles. The van der Waals surface area contributed by atoms with Crippen molar-refractivity contribution in [2.75, 3.05) is 7.11 Å². The molecule has 146 valence electrons. The number of hydrogen-bond donors (Lipinski definition) is 0. The Kier molecular flexibility index (Phi) is 7.38. The number of hydrogen-bond acceptors (Lipinski definition) is 3. The van der Waals surface area contributed by atoms with E-state index in [1.807, 2.05) is 66.7 Å². The Morgan fingerprint density at radius 1 is 1.07 bits per heavy atom. The fourth-order valence-corrected chi connectivity index (χ4v) is 3.63. The minimum Gasteiger partial charge on any atom is -0.493 e. The largest absolute Gasteiger partial charge is 0.493 e. The highest BCUT2D eigenvalue weighted by molar-refractivity contribution is 9.10. The van der Waals surface area contributed by atoms with Crippen LogP contribution in [0.4, 0.5) is 0 Å². The smallest absolute Gasteiger partial charge is 0.162 e. The average molecular weight is 534 g/mol. The summed E-state index contributed by atoms with van der Waals surface area (Å²) in [5.41, 5.74) is 3.19. The van der Waals surface area contributed by atoms with Crippen molar-refractivity contribution in [3.8, 4) is 17.6 Å². The first-order chi connectivity index (χ1) is 14.0. The zero-order chi connectivity index (χ0) is 20.8. The van der Waals surface area contributed by atoms with Gasteiger partial charge in [-0.25, -0.2) is 0 Å². The fraction of sp³-hybridized carbons (Fsp3) is 0.0870. The molecule has 3 aromatic rings. The van der Waals surface area contributed by atoms with Gasteiger partial charge in [0.05, 0.1) is 18.8 Å². The Labute approximate surface area is 191 Å². The van der Waals surface area contributed by atoms with Crippen molar-refractivity contribution >= 4 is 55.1 Å². The highest BCUT2D eigenvalue weighted by Gasteiger charge is 2.11. The van der Waals surface area contributed by atoms with Crippen LogP contribution in [0.3, 0.4) is 0 Å². The van der Waals surface area contributed by atoms with E-state index >= 15 is 0 Å². The van der Waals surface area contributed by atoms with Gasteiger partial charge in [0.1, 0.15) is 6.61 Å². The van der Waals surface area contributed by atoms with Crippen LogP contribution in [0.5, 0.6) is 11.5 Å². The number of ether oxygens (including phenoxy) is 2. The molecule has 0 saturated carbocycles. The predicted molar refractivity (Wildman–Crippen MR) is 124 cm³/mol. The Morgan fingerprint density at radius 2 is 1.83 bits per heavy atom. The van der Waals surface area contributed by atoms with Crippen LogP contribution in [0.2, 0.25) is 5.02 Å². The zero-order valence-corrected chi connectivity index (χ0v) is 19.4.